The number of hydrogen-bond donors (Lipinski definition) is 2. The minimum atomic E-state index is -0.590. The maximum absolute atomic E-state index is 13.8. The van der Waals surface area contributed by atoms with Crippen LogP contribution in [0, 0.1) is 5.82 Å². The topological polar surface area (TPSA) is 70.6 Å². The molecule has 7 heteroatoms. The van der Waals surface area contributed by atoms with E-state index in [1.807, 2.05) is 0 Å². The molecular formula is C23H19ClFN3O2. The predicted molar refractivity (Wildman–Crippen MR) is 116 cm³/mol. The van der Waals surface area contributed by atoms with Gasteiger partial charge in [-0.1, -0.05) is 48.0 Å². The van der Waals surface area contributed by atoms with E-state index < -0.39 is 11.7 Å². The Labute approximate surface area is 178 Å². The second kappa shape index (κ2) is 9.80. The molecule has 0 aliphatic carbocycles. The van der Waals surface area contributed by atoms with Crippen LogP contribution in [0.4, 0.5) is 10.1 Å². The summed E-state index contributed by atoms with van der Waals surface area (Å²) in [7, 11) is 0. The van der Waals surface area contributed by atoms with Crippen molar-refractivity contribution in [1.82, 2.24) is 5.43 Å². The van der Waals surface area contributed by atoms with E-state index in [2.05, 4.69) is 15.8 Å². The zero-order valence-corrected chi connectivity index (χ0v) is 16.9. The van der Waals surface area contributed by atoms with E-state index in [1.165, 1.54) is 18.2 Å². The van der Waals surface area contributed by atoms with Crippen molar-refractivity contribution < 1.29 is 14.0 Å². The second-order valence-electron chi connectivity index (χ2n) is 6.55. The molecule has 0 saturated heterocycles. The van der Waals surface area contributed by atoms with Crippen molar-refractivity contribution in [2.24, 2.45) is 5.10 Å². The fourth-order valence-electron chi connectivity index (χ4n) is 2.70. The van der Waals surface area contributed by atoms with Gasteiger partial charge < -0.3 is 5.32 Å². The van der Waals surface area contributed by atoms with E-state index in [0.717, 1.165) is 5.56 Å². The van der Waals surface area contributed by atoms with Gasteiger partial charge in [0.2, 0.25) is 5.91 Å². The van der Waals surface area contributed by atoms with Crippen molar-refractivity contribution in [2.45, 2.75) is 13.3 Å². The van der Waals surface area contributed by atoms with E-state index in [1.54, 1.807) is 61.5 Å². The molecule has 0 heterocycles. The summed E-state index contributed by atoms with van der Waals surface area (Å²) in [4.78, 5) is 24.4. The van der Waals surface area contributed by atoms with Crippen molar-refractivity contribution >= 4 is 34.8 Å². The van der Waals surface area contributed by atoms with Crippen LogP contribution in [0.5, 0.6) is 0 Å². The molecule has 3 aromatic carbocycles. The smallest absolute Gasteiger partial charge is 0.258 e. The van der Waals surface area contributed by atoms with Crippen LogP contribution < -0.4 is 10.7 Å². The van der Waals surface area contributed by atoms with Gasteiger partial charge in [0.1, 0.15) is 5.82 Å². The van der Waals surface area contributed by atoms with Crippen LogP contribution in [0.2, 0.25) is 5.02 Å². The highest BCUT2D eigenvalue weighted by Gasteiger charge is 2.11. The fourth-order valence-corrected chi connectivity index (χ4v) is 2.83. The molecule has 0 saturated carbocycles. The Morgan fingerprint density at radius 1 is 1.00 bits per heavy atom. The number of anilines is 1. The van der Waals surface area contributed by atoms with Gasteiger partial charge in [-0.05, 0) is 54.4 Å². The largest absolute Gasteiger partial charge is 0.322 e. The van der Waals surface area contributed by atoms with Gasteiger partial charge in [-0.2, -0.15) is 5.10 Å². The molecule has 0 bridgehead atoms. The molecule has 0 atom stereocenters. The highest BCUT2D eigenvalue weighted by Crippen LogP contribution is 2.15. The molecule has 0 fully saturated rings. The summed E-state index contributed by atoms with van der Waals surface area (Å²) in [5, 5.41) is 7.39. The van der Waals surface area contributed by atoms with Gasteiger partial charge in [0.25, 0.3) is 5.91 Å². The lowest BCUT2D eigenvalue weighted by atomic mass is 10.1. The van der Waals surface area contributed by atoms with Crippen molar-refractivity contribution in [2.75, 3.05) is 5.32 Å². The fraction of sp³-hybridized carbons (Fsp3) is 0.0870. The third-order valence-corrected chi connectivity index (χ3v) is 4.53. The average Bonchev–Trinajstić information content (AvgIpc) is 2.74. The standard InChI is InChI=1S/C23H19ClFN3O2/c1-15(27-28-22(29)13-16-9-11-18(24)12-10-16)17-5-4-6-19(14-17)26-23(30)20-7-2-3-8-21(20)25/h2-12,14H,13H2,1H3,(H,26,30)(H,28,29). The molecule has 0 aromatic heterocycles. The summed E-state index contributed by atoms with van der Waals surface area (Å²) < 4.78 is 13.8. The summed E-state index contributed by atoms with van der Waals surface area (Å²) >= 11 is 5.84. The minimum absolute atomic E-state index is 0.0391. The number of carbonyl (C=O) groups excluding carboxylic acids is 2. The molecule has 2 amide bonds. The van der Waals surface area contributed by atoms with Gasteiger partial charge in [0.15, 0.2) is 0 Å². The maximum Gasteiger partial charge on any atom is 0.258 e. The van der Waals surface area contributed by atoms with Crippen LogP contribution in [0.1, 0.15) is 28.4 Å². The number of benzene rings is 3. The predicted octanol–water partition coefficient (Wildman–Crippen LogP) is 4.81. The zero-order chi connectivity index (χ0) is 21.5. The van der Waals surface area contributed by atoms with Gasteiger partial charge in [-0.25, -0.2) is 9.82 Å². The van der Waals surface area contributed by atoms with Gasteiger partial charge in [-0.15, -0.1) is 0 Å². The first kappa shape index (κ1) is 21.2. The number of carbonyl (C=O) groups is 2. The summed E-state index contributed by atoms with van der Waals surface area (Å²) in [5.74, 6) is -1.40. The second-order valence-corrected chi connectivity index (χ2v) is 6.99. The Kier molecular flexibility index (Phi) is 6.93. The van der Waals surface area contributed by atoms with Crippen molar-refractivity contribution in [3.63, 3.8) is 0 Å². The first-order valence-electron chi connectivity index (χ1n) is 9.16. The summed E-state index contributed by atoms with van der Waals surface area (Å²) in [6, 6.07) is 19.7. The van der Waals surface area contributed by atoms with Crippen LogP contribution in [0.15, 0.2) is 77.9 Å². The summed E-state index contributed by atoms with van der Waals surface area (Å²) in [6.45, 7) is 1.74. The van der Waals surface area contributed by atoms with Gasteiger partial charge in [0.05, 0.1) is 17.7 Å². The van der Waals surface area contributed by atoms with Crippen LogP contribution in [-0.2, 0) is 11.2 Å². The quantitative estimate of drug-likeness (QED) is 0.441. The number of rotatable bonds is 6. The van der Waals surface area contributed by atoms with Crippen molar-refractivity contribution in [3.05, 3.63) is 100 Å². The van der Waals surface area contributed by atoms with Gasteiger partial charge in [-0.3, -0.25) is 9.59 Å². The van der Waals surface area contributed by atoms with Crippen molar-refractivity contribution in [1.29, 1.82) is 0 Å². The molecule has 3 aromatic rings. The molecule has 5 nitrogen and oxygen atoms in total. The molecule has 152 valence electrons. The normalized spacial score (nSPS) is 11.1. The summed E-state index contributed by atoms with van der Waals surface area (Å²) in [6.07, 6.45) is 0.173. The summed E-state index contributed by atoms with van der Waals surface area (Å²) in [5.41, 5.74) is 5.05. The molecule has 0 unspecified atom stereocenters. The molecule has 30 heavy (non-hydrogen) atoms. The lowest BCUT2D eigenvalue weighted by Gasteiger charge is -2.08. The van der Waals surface area contributed by atoms with E-state index in [-0.39, 0.29) is 17.9 Å². The Hall–Kier alpha value is -3.51. The SMILES string of the molecule is CC(=NNC(=O)Cc1ccc(Cl)cc1)c1cccc(NC(=O)c2ccccc2F)c1. The Bertz CT molecular complexity index is 1100. The lowest BCUT2D eigenvalue weighted by Crippen LogP contribution is -2.21. The Morgan fingerprint density at radius 2 is 1.73 bits per heavy atom. The van der Waals surface area contributed by atoms with Crippen LogP contribution in [-0.4, -0.2) is 17.5 Å². The highest BCUT2D eigenvalue weighted by molar-refractivity contribution is 6.30. The molecule has 0 radical (unpaired) electrons. The molecule has 2 N–H and O–H groups in total. The molecular weight excluding hydrogens is 405 g/mol. The van der Waals surface area contributed by atoms with Gasteiger partial charge >= 0.3 is 0 Å². The number of halogens is 2. The number of amides is 2. The molecule has 0 spiro atoms. The first-order chi connectivity index (χ1) is 14.4. The number of nitrogens with one attached hydrogen (secondary N) is 2. The Morgan fingerprint density at radius 3 is 2.47 bits per heavy atom. The molecule has 0 aliphatic rings. The van der Waals surface area contributed by atoms with Crippen LogP contribution in [0.25, 0.3) is 0 Å². The number of hydrogen-bond acceptors (Lipinski definition) is 3. The van der Waals surface area contributed by atoms with E-state index in [0.29, 0.717) is 22.0 Å². The Balaban J connectivity index is 1.64. The van der Waals surface area contributed by atoms with Crippen LogP contribution in [0.3, 0.4) is 0 Å². The van der Waals surface area contributed by atoms with E-state index in [4.69, 9.17) is 11.6 Å². The maximum atomic E-state index is 13.8. The molecule has 3 rings (SSSR count). The lowest BCUT2D eigenvalue weighted by molar-refractivity contribution is -0.120. The molecule has 0 aliphatic heterocycles. The minimum Gasteiger partial charge on any atom is -0.322 e. The van der Waals surface area contributed by atoms with E-state index in [9.17, 15) is 14.0 Å². The number of nitrogens with zero attached hydrogens (tertiary/aromatic N) is 1. The van der Waals surface area contributed by atoms with E-state index >= 15 is 0 Å². The first-order valence-corrected chi connectivity index (χ1v) is 9.54. The van der Waals surface area contributed by atoms with Gasteiger partial charge in [0, 0.05) is 10.7 Å². The monoisotopic (exact) mass is 423 g/mol. The zero-order valence-electron chi connectivity index (χ0n) is 16.2. The van der Waals surface area contributed by atoms with Crippen LogP contribution >= 0.6 is 11.6 Å². The van der Waals surface area contributed by atoms with Crippen molar-refractivity contribution in [3.8, 4) is 0 Å². The third kappa shape index (κ3) is 5.75. The third-order valence-electron chi connectivity index (χ3n) is 4.28. The average molecular weight is 424 g/mol. The highest BCUT2D eigenvalue weighted by atomic mass is 35.5. The number of hydrazone groups is 1.